The van der Waals surface area contributed by atoms with Crippen LogP contribution in [-0.4, -0.2) is 11.3 Å². The van der Waals surface area contributed by atoms with Crippen LogP contribution in [0.5, 0.6) is 5.75 Å². The minimum Gasteiger partial charge on any atom is -0.406 e. The van der Waals surface area contributed by atoms with Crippen LogP contribution in [0.15, 0.2) is 24.8 Å². The predicted octanol–water partition coefficient (Wildman–Crippen LogP) is 4.42. The molecule has 0 saturated heterocycles. The van der Waals surface area contributed by atoms with Crippen molar-refractivity contribution in [2.75, 3.05) is 0 Å². The predicted molar refractivity (Wildman–Crippen MR) is 67.0 cm³/mol. The van der Waals surface area contributed by atoms with Gasteiger partial charge in [0.1, 0.15) is 5.75 Å². The van der Waals surface area contributed by atoms with Crippen LogP contribution in [0, 0.1) is 0 Å². The molecule has 0 aliphatic heterocycles. The molecule has 3 rings (SSSR count). The fraction of sp³-hybridized carbons (Fsp3) is 0.286. The van der Waals surface area contributed by atoms with Crippen molar-refractivity contribution in [3.8, 4) is 5.75 Å². The molecule has 0 radical (unpaired) electrons. The van der Waals surface area contributed by atoms with Crippen LogP contribution in [0.1, 0.15) is 24.1 Å². The van der Waals surface area contributed by atoms with E-state index in [0.29, 0.717) is 0 Å². The molecule has 1 aliphatic rings. The van der Waals surface area contributed by atoms with E-state index in [1.165, 1.54) is 12.1 Å². The van der Waals surface area contributed by atoms with E-state index in [1.807, 2.05) is 0 Å². The molecule has 2 nitrogen and oxygen atoms in total. The highest BCUT2D eigenvalue weighted by molar-refractivity contribution is 5.90. The van der Waals surface area contributed by atoms with Gasteiger partial charge in [0, 0.05) is 16.6 Å². The van der Waals surface area contributed by atoms with E-state index in [9.17, 15) is 13.2 Å². The van der Waals surface area contributed by atoms with Gasteiger partial charge in [0.15, 0.2) is 0 Å². The maximum Gasteiger partial charge on any atom is 0.573 e. The average Bonchev–Trinajstić information content (AvgIpc) is 2.67. The Morgan fingerprint density at radius 2 is 2.00 bits per heavy atom. The Hall–Kier alpha value is -1.91. The minimum absolute atomic E-state index is 0.182. The van der Waals surface area contributed by atoms with E-state index in [4.69, 9.17) is 0 Å². The molecule has 2 aromatic rings. The number of allylic oxidation sites excluding steroid dienone is 1. The second kappa shape index (κ2) is 4.05. The van der Waals surface area contributed by atoms with E-state index < -0.39 is 6.36 Å². The summed E-state index contributed by atoms with van der Waals surface area (Å²) in [5.41, 5.74) is 3.84. The van der Waals surface area contributed by atoms with Gasteiger partial charge < -0.3 is 9.72 Å². The van der Waals surface area contributed by atoms with Gasteiger partial charge in [-0.1, -0.05) is 6.58 Å². The first-order chi connectivity index (χ1) is 8.94. The Kier molecular flexibility index (Phi) is 2.59. The third-order valence-electron chi connectivity index (χ3n) is 3.37. The number of alkyl halides is 3. The Labute approximate surface area is 107 Å². The summed E-state index contributed by atoms with van der Waals surface area (Å²) >= 11 is 0. The van der Waals surface area contributed by atoms with Gasteiger partial charge >= 0.3 is 6.36 Å². The number of benzene rings is 1. The van der Waals surface area contributed by atoms with Gasteiger partial charge in [-0.25, -0.2) is 0 Å². The molecule has 0 spiro atoms. The first kappa shape index (κ1) is 12.1. The Morgan fingerprint density at radius 1 is 1.21 bits per heavy atom. The number of aromatic nitrogens is 1. The number of nitrogens with one attached hydrogen (secondary N) is 1. The van der Waals surface area contributed by atoms with Crippen molar-refractivity contribution in [3.63, 3.8) is 0 Å². The number of aryl methyl sites for hydroxylation is 1. The highest BCUT2D eigenvalue weighted by atomic mass is 19.4. The summed E-state index contributed by atoms with van der Waals surface area (Å²) in [7, 11) is 0. The van der Waals surface area contributed by atoms with Crippen molar-refractivity contribution in [1.82, 2.24) is 4.98 Å². The molecule has 0 fully saturated rings. The third-order valence-corrected chi connectivity index (χ3v) is 3.37. The van der Waals surface area contributed by atoms with E-state index in [1.54, 1.807) is 6.07 Å². The zero-order chi connectivity index (χ0) is 13.6. The topological polar surface area (TPSA) is 25.0 Å². The molecule has 5 heteroatoms. The molecule has 1 N–H and O–H groups in total. The highest BCUT2D eigenvalue weighted by Crippen LogP contribution is 2.36. The number of H-pyrrole nitrogens is 1. The number of hydrogen-bond donors (Lipinski definition) is 1. The maximum absolute atomic E-state index is 12.2. The molecular formula is C14H12F3NO. The van der Waals surface area contributed by atoms with Crippen LogP contribution in [0.25, 0.3) is 16.5 Å². The first-order valence-electron chi connectivity index (χ1n) is 6.02. The van der Waals surface area contributed by atoms with Crippen LogP contribution in [0.4, 0.5) is 13.2 Å². The SMILES string of the molecule is C=C1CCCc2c1[nH]c1ccc(OC(F)(F)F)cc21. The lowest BCUT2D eigenvalue weighted by Gasteiger charge is -2.13. The highest BCUT2D eigenvalue weighted by Gasteiger charge is 2.31. The van der Waals surface area contributed by atoms with E-state index in [-0.39, 0.29) is 5.75 Å². The van der Waals surface area contributed by atoms with Crippen molar-refractivity contribution < 1.29 is 17.9 Å². The average molecular weight is 267 g/mol. The van der Waals surface area contributed by atoms with Crippen molar-refractivity contribution >= 4 is 16.5 Å². The van der Waals surface area contributed by atoms with Crippen molar-refractivity contribution in [2.24, 2.45) is 0 Å². The summed E-state index contributed by atoms with van der Waals surface area (Å²) in [5, 5.41) is 0.789. The van der Waals surface area contributed by atoms with E-state index in [2.05, 4.69) is 16.3 Å². The van der Waals surface area contributed by atoms with Crippen molar-refractivity contribution in [2.45, 2.75) is 25.6 Å². The summed E-state index contributed by atoms with van der Waals surface area (Å²) in [5.74, 6) is -0.182. The van der Waals surface area contributed by atoms with Crippen LogP contribution in [-0.2, 0) is 6.42 Å². The van der Waals surface area contributed by atoms with Gasteiger partial charge in [-0.05, 0) is 48.6 Å². The lowest BCUT2D eigenvalue weighted by atomic mass is 9.92. The van der Waals surface area contributed by atoms with Crippen molar-refractivity contribution in [3.05, 3.63) is 36.0 Å². The molecule has 0 bridgehead atoms. The molecule has 0 amide bonds. The summed E-state index contributed by atoms with van der Waals surface area (Å²) in [6, 6.07) is 4.37. The maximum atomic E-state index is 12.2. The molecule has 0 saturated carbocycles. The quantitative estimate of drug-likeness (QED) is 0.813. The summed E-state index contributed by atoms with van der Waals surface area (Å²) in [4.78, 5) is 3.22. The number of ether oxygens (including phenoxy) is 1. The summed E-state index contributed by atoms with van der Waals surface area (Å²) < 4.78 is 40.6. The van der Waals surface area contributed by atoms with Gasteiger partial charge in [0.25, 0.3) is 0 Å². The lowest BCUT2D eigenvalue weighted by Crippen LogP contribution is -2.17. The number of rotatable bonds is 1. The summed E-state index contributed by atoms with van der Waals surface area (Å²) in [6.45, 7) is 3.99. The smallest absolute Gasteiger partial charge is 0.406 e. The molecule has 1 aromatic heterocycles. The normalized spacial score (nSPS) is 15.6. The van der Waals surface area contributed by atoms with E-state index >= 15 is 0 Å². The molecule has 1 heterocycles. The number of fused-ring (bicyclic) bond motifs is 3. The zero-order valence-corrected chi connectivity index (χ0v) is 10.1. The third kappa shape index (κ3) is 2.20. The molecule has 100 valence electrons. The lowest BCUT2D eigenvalue weighted by molar-refractivity contribution is -0.274. The van der Waals surface area contributed by atoms with E-state index in [0.717, 1.165) is 47.0 Å². The van der Waals surface area contributed by atoms with Gasteiger partial charge in [-0.15, -0.1) is 13.2 Å². The number of aromatic amines is 1. The summed E-state index contributed by atoms with van der Waals surface area (Å²) in [6.07, 6.45) is -1.91. The molecule has 1 aliphatic carbocycles. The second-order valence-corrected chi connectivity index (χ2v) is 4.69. The van der Waals surface area contributed by atoms with Crippen molar-refractivity contribution in [1.29, 1.82) is 0 Å². The first-order valence-corrected chi connectivity index (χ1v) is 6.02. The Morgan fingerprint density at radius 3 is 2.74 bits per heavy atom. The number of hydrogen-bond acceptors (Lipinski definition) is 1. The largest absolute Gasteiger partial charge is 0.573 e. The van der Waals surface area contributed by atoms with Gasteiger partial charge in [-0.3, -0.25) is 0 Å². The van der Waals surface area contributed by atoms with Crippen LogP contribution in [0.3, 0.4) is 0 Å². The number of halogens is 3. The van der Waals surface area contributed by atoms with Crippen LogP contribution >= 0.6 is 0 Å². The van der Waals surface area contributed by atoms with Gasteiger partial charge in [0.05, 0.1) is 0 Å². The van der Waals surface area contributed by atoms with Gasteiger partial charge in [0.2, 0.25) is 0 Å². The van der Waals surface area contributed by atoms with Crippen LogP contribution in [0.2, 0.25) is 0 Å². The Bertz CT molecular complexity index is 654. The zero-order valence-electron chi connectivity index (χ0n) is 10.1. The molecule has 0 atom stereocenters. The standard InChI is InChI=1S/C14H12F3NO/c1-8-3-2-4-10-11-7-9(19-14(15,16)17)5-6-12(11)18-13(8)10/h5-7,18H,1-4H2. The molecular weight excluding hydrogens is 255 g/mol. The fourth-order valence-corrected chi connectivity index (χ4v) is 2.59. The fourth-order valence-electron chi connectivity index (χ4n) is 2.59. The Balaban J connectivity index is 2.10. The molecule has 19 heavy (non-hydrogen) atoms. The minimum atomic E-state index is -4.66. The van der Waals surface area contributed by atoms with Crippen LogP contribution < -0.4 is 4.74 Å². The molecule has 0 unspecified atom stereocenters. The molecule has 1 aromatic carbocycles. The monoisotopic (exact) mass is 267 g/mol. The second-order valence-electron chi connectivity index (χ2n) is 4.69. The van der Waals surface area contributed by atoms with Gasteiger partial charge in [-0.2, -0.15) is 0 Å².